The molecule has 0 amide bonds. The number of hydrogen-bond acceptors (Lipinski definition) is 5. The highest BCUT2D eigenvalue weighted by molar-refractivity contribution is 5.56. The molecule has 0 saturated heterocycles. The quantitative estimate of drug-likeness (QED) is 0.651. The average molecular weight is 284 g/mol. The summed E-state index contributed by atoms with van der Waals surface area (Å²) in [4.78, 5) is 0. The third-order valence-electron chi connectivity index (χ3n) is 2.81. The SMILES string of the molecule is COc1ccc(OCCOc2ccc(C#N)cc2N)cc1. The molecule has 2 aromatic carbocycles. The van der Waals surface area contributed by atoms with Crippen molar-refractivity contribution in [2.75, 3.05) is 26.1 Å². The summed E-state index contributed by atoms with van der Waals surface area (Å²) in [7, 11) is 1.62. The predicted molar refractivity (Wildman–Crippen MR) is 79.6 cm³/mol. The molecule has 0 atom stereocenters. The number of ether oxygens (including phenoxy) is 3. The summed E-state index contributed by atoms with van der Waals surface area (Å²) in [6.07, 6.45) is 0. The Balaban J connectivity index is 1.80. The van der Waals surface area contributed by atoms with Crippen LogP contribution in [0.2, 0.25) is 0 Å². The molecular weight excluding hydrogens is 268 g/mol. The molecule has 0 aromatic heterocycles. The molecular formula is C16H16N2O3. The zero-order valence-corrected chi connectivity index (χ0v) is 11.7. The van der Waals surface area contributed by atoms with Gasteiger partial charge in [0, 0.05) is 0 Å². The van der Waals surface area contributed by atoms with E-state index in [0.717, 1.165) is 11.5 Å². The van der Waals surface area contributed by atoms with E-state index in [0.29, 0.717) is 30.2 Å². The van der Waals surface area contributed by atoms with Gasteiger partial charge in [0.2, 0.25) is 0 Å². The Morgan fingerprint density at radius 1 is 1.00 bits per heavy atom. The van der Waals surface area contributed by atoms with Gasteiger partial charge in [-0.15, -0.1) is 0 Å². The summed E-state index contributed by atoms with van der Waals surface area (Å²) in [6.45, 7) is 0.758. The largest absolute Gasteiger partial charge is 0.497 e. The van der Waals surface area contributed by atoms with Crippen LogP contribution in [0.25, 0.3) is 0 Å². The molecule has 5 heteroatoms. The van der Waals surface area contributed by atoms with E-state index in [9.17, 15) is 0 Å². The lowest BCUT2D eigenvalue weighted by Gasteiger charge is -2.10. The highest BCUT2D eigenvalue weighted by atomic mass is 16.5. The van der Waals surface area contributed by atoms with Gasteiger partial charge in [0.25, 0.3) is 0 Å². The van der Waals surface area contributed by atoms with Crippen molar-refractivity contribution in [2.45, 2.75) is 0 Å². The van der Waals surface area contributed by atoms with E-state index in [1.807, 2.05) is 30.3 Å². The second-order valence-corrected chi connectivity index (χ2v) is 4.24. The van der Waals surface area contributed by atoms with E-state index < -0.39 is 0 Å². The van der Waals surface area contributed by atoms with Crippen molar-refractivity contribution in [3.8, 4) is 23.3 Å². The van der Waals surface area contributed by atoms with Crippen LogP contribution in [0, 0.1) is 11.3 Å². The second-order valence-electron chi connectivity index (χ2n) is 4.24. The molecule has 0 spiro atoms. The van der Waals surface area contributed by atoms with Crippen molar-refractivity contribution >= 4 is 5.69 Å². The Morgan fingerprint density at radius 3 is 2.29 bits per heavy atom. The molecule has 0 radical (unpaired) electrons. The zero-order valence-electron chi connectivity index (χ0n) is 11.7. The van der Waals surface area contributed by atoms with Crippen LogP contribution < -0.4 is 19.9 Å². The maximum Gasteiger partial charge on any atom is 0.142 e. The van der Waals surface area contributed by atoms with Crippen molar-refractivity contribution in [3.63, 3.8) is 0 Å². The Hall–Kier alpha value is -2.87. The molecule has 2 N–H and O–H groups in total. The average Bonchev–Trinajstić information content (AvgIpc) is 2.53. The first-order valence-electron chi connectivity index (χ1n) is 6.42. The van der Waals surface area contributed by atoms with Gasteiger partial charge < -0.3 is 19.9 Å². The van der Waals surface area contributed by atoms with Gasteiger partial charge in [0.05, 0.1) is 24.4 Å². The lowest BCUT2D eigenvalue weighted by atomic mass is 10.2. The number of nitrogens with zero attached hydrogens (tertiary/aromatic N) is 1. The lowest BCUT2D eigenvalue weighted by molar-refractivity contribution is 0.218. The Labute approximate surface area is 123 Å². The molecule has 0 aliphatic rings. The first kappa shape index (κ1) is 14.5. The number of nitrogens with two attached hydrogens (primary N) is 1. The molecule has 0 unspecified atom stereocenters. The normalized spacial score (nSPS) is 9.71. The van der Waals surface area contributed by atoms with E-state index in [2.05, 4.69) is 0 Å². The number of nitrogen functional groups attached to an aromatic ring is 1. The molecule has 21 heavy (non-hydrogen) atoms. The third kappa shape index (κ3) is 4.05. The van der Waals surface area contributed by atoms with Crippen LogP contribution >= 0.6 is 0 Å². The first-order chi connectivity index (χ1) is 10.2. The Kier molecular flexibility index (Phi) is 4.89. The molecule has 2 aromatic rings. The van der Waals surface area contributed by atoms with Crippen LogP contribution in [-0.2, 0) is 0 Å². The second kappa shape index (κ2) is 7.06. The van der Waals surface area contributed by atoms with Crippen LogP contribution in [-0.4, -0.2) is 20.3 Å². The van der Waals surface area contributed by atoms with Crippen molar-refractivity contribution in [2.24, 2.45) is 0 Å². The Bertz CT molecular complexity index is 633. The highest BCUT2D eigenvalue weighted by Gasteiger charge is 2.02. The van der Waals surface area contributed by atoms with Crippen LogP contribution in [0.1, 0.15) is 5.56 Å². The van der Waals surface area contributed by atoms with Crippen molar-refractivity contribution in [1.29, 1.82) is 5.26 Å². The minimum atomic E-state index is 0.363. The minimum absolute atomic E-state index is 0.363. The molecule has 0 bridgehead atoms. The summed E-state index contributed by atoms with van der Waals surface area (Å²) < 4.78 is 16.1. The molecule has 0 heterocycles. The molecule has 0 fully saturated rings. The summed E-state index contributed by atoms with van der Waals surface area (Å²) in [6, 6.07) is 14.3. The van der Waals surface area contributed by atoms with Gasteiger partial charge in [0.15, 0.2) is 0 Å². The van der Waals surface area contributed by atoms with Crippen LogP contribution in [0.15, 0.2) is 42.5 Å². The van der Waals surface area contributed by atoms with Gasteiger partial charge in [-0.1, -0.05) is 0 Å². The van der Waals surface area contributed by atoms with E-state index >= 15 is 0 Å². The van der Waals surface area contributed by atoms with Crippen LogP contribution in [0.5, 0.6) is 17.2 Å². The highest BCUT2D eigenvalue weighted by Crippen LogP contribution is 2.22. The molecule has 0 aliphatic carbocycles. The maximum absolute atomic E-state index is 8.76. The summed E-state index contributed by atoms with van der Waals surface area (Å²) in [5.74, 6) is 2.07. The fourth-order valence-corrected chi connectivity index (χ4v) is 1.73. The number of benzene rings is 2. The maximum atomic E-state index is 8.76. The monoisotopic (exact) mass is 284 g/mol. The van der Waals surface area contributed by atoms with E-state index in [1.54, 1.807) is 25.3 Å². The molecule has 2 rings (SSSR count). The first-order valence-corrected chi connectivity index (χ1v) is 6.42. The van der Waals surface area contributed by atoms with Gasteiger partial charge in [0.1, 0.15) is 30.5 Å². The Morgan fingerprint density at radius 2 is 1.67 bits per heavy atom. The van der Waals surface area contributed by atoms with Gasteiger partial charge in [-0.05, 0) is 42.5 Å². The van der Waals surface area contributed by atoms with Gasteiger partial charge >= 0.3 is 0 Å². The standard InChI is InChI=1S/C16H16N2O3/c1-19-13-3-5-14(6-4-13)20-8-9-21-16-7-2-12(11-17)10-15(16)18/h2-7,10H,8-9,18H2,1H3. The van der Waals surface area contributed by atoms with Crippen molar-refractivity contribution < 1.29 is 14.2 Å². The zero-order chi connectivity index (χ0) is 15.1. The number of anilines is 1. The van der Waals surface area contributed by atoms with Crippen LogP contribution in [0.3, 0.4) is 0 Å². The third-order valence-corrected chi connectivity index (χ3v) is 2.81. The van der Waals surface area contributed by atoms with Crippen LogP contribution in [0.4, 0.5) is 5.69 Å². The van der Waals surface area contributed by atoms with Gasteiger partial charge in [-0.2, -0.15) is 5.26 Å². The van der Waals surface area contributed by atoms with Gasteiger partial charge in [-0.25, -0.2) is 0 Å². The van der Waals surface area contributed by atoms with Crippen molar-refractivity contribution in [3.05, 3.63) is 48.0 Å². The molecule has 0 aliphatic heterocycles. The number of hydrogen-bond donors (Lipinski definition) is 1. The minimum Gasteiger partial charge on any atom is -0.497 e. The predicted octanol–water partition coefficient (Wildman–Crippen LogP) is 2.61. The number of methoxy groups -OCH3 is 1. The molecule has 108 valence electrons. The summed E-state index contributed by atoms with van der Waals surface area (Å²) in [5, 5.41) is 8.76. The van der Waals surface area contributed by atoms with Crippen molar-refractivity contribution in [1.82, 2.24) is 0 Å². The molecule has 0 saturated carbocycles. The van der Waals surface area contributed by atoms with E-state index in [1.165, 1.54) is 0 Å². The fraction of sp³-hybridized carbons (Fsp3) is 0.188. The fourth-order valence-electron chi connectivity index (χ4n) is 1.73. The molecule has 5 nitrogen and oxygen atoms in total. The summed E-state index contributed by atoms with van der Waals surface area (Å²) >= 11 is 0. The lowest BCUT2D eigenvalue weighted by Crippen LogP contribution is -2.10. The topological polar surface area (TPSA) is 77.5 Å². The van der Waals surface area contributed by atoms with E-state index in [-0.39, 0.29) is 0 Å². The smallest absolute Gasteiger partial charge is 0.142 e. The number of rotatable bonds is 6. The number of nitriles is 1. The van der Waals surface area contributed by atoms with Gasteiger partial charge in [-0.3, -0.25) is 0 Å². The summed E-state index contributed by atoms with van der Waals surface area (Å²) in [5.41, 5.74) is 6.74. The van der Waals surface area contributed by atoms with E-state index in [4.69, 9.17) is 25.2 Å².